The zero-order valence-electron chi connectivity index (χ0n) is 28.6. The Morgan fingerprint density at radius 3 is 2.45 bits per heavy atom. The summed E-state index contributed by atoms with van der Waals surface area (Å²) in [5.41, 5.74) is 4.49. The molecule has 4 aromatic rings. The second-order valence-electron chi connectivity index (χ2n) is 14.2. The quantitative estimate of drug-likeness (QED) is 0.167. The number of hydrogen-bond donors (Lipinski definition) is 2. The Morgan fingerprint density at radius 1 is 1.11 bits per heavy atom. The van der Waals surface area contributed by atoms with E-state index in [1.807, 2.05) is 34.3 Å². The van der Waals surface area contributed by atoms with Gasteiger partial charge in [0, 0.05) is 52.0 Å². The van der Waals surface area contributed by atoms with Crippen LogP contribution in [0.3, 0.4) is 0 Å². The number of esters is 1. The highest BCUT2D eigenvalue weighted by Crippen LogP contribution is 2.42. The van der Waals surface area contributed by atoms with Crippen molar-refractivity contribution in [2.24, 2.45) is 0 Å². The number of nitrogens with zero attached hydrogens (tertiary/aromatic N) is 4. The molecule has 0 amide bonds. The Hall–Kier alpha value is -4.12. The number of fused-ring (bicyclic) bond motifs is 5. The van der Waals surface area contributed by atoms with E-state index in [0.29, 0.717) is 41.6 Å². The number of anilines is 1. The Bertz CT molecular complexity index is 1950. The molecule has 2 aliphatic rings. The molecule has 248 valence electrons. The van der Waals surface area contributed by atoms with Crippen LogP contribution >= 0.6 is 0 Å². The van der Waals surface area contributed by atoms with Crippen molar-refractivity contribution in [1.82, 2.24) is 18.9 Å². The predicted octanol–water partition coefficient (Wildman–Crippen LogP) is 5.30. The number of ether oxygens (including phenoxy) is 1. The Kier molecular flexibility index (Phi) is 8.27. The zero-order valence-corrected chi connectivity index (χ0v) is 28.6. The number of halogens is 1. The average Bonchev–Trinajstić information content (AvgIpc) is 3.38. The van der Waals surface area contributed by atoms with Crippen molar-refractivity contribution in [2.75, 3.05) is 33.5 Å². The molecule has 6 rings (SSSR count). The normalized spacial score (nSPS) is 17.9. The monoisotopic (exact) mass is 642 g/mol. The first-order valence-electron chi connectivity index (χ1n) is 16.3. The minimum Gasteiger partial charge on any atom is -0.458 e. The molecule has 0 radical (unpaired) electrons. The van der Waals surface area contributed by atoms with Gasteiger partial charge in [0.1, 0.15) is 13.2 Å². The van der Waals surface area contributed by atoms with Crippen LogP contribution in [0.4, 0.5) is 15.8 Å². The minimum absolute atomic E-state index is 0.0618. The highest BCUT2D eigenvalue weighted by Gasteiger charge is 2.45. The number of hydrogen-bond acceptors (Lipinski definition) is 7. The summed E-state index contributed by atoms with van der Waals surface area (Å²) in [5, 5.41) is 15.6. The summed E-state index contributed by atoms with van der Waals surface area (Å²) in [7, 11) is 8.06. The first-order chi connectivity index (χ1) is 22.1. The SMILES string of the molecule is CC[C@@]1(O)C(=O)OCc2c1cc1n(c2=O)Cc2c-1nc1cc(F)c([N+](C)(C)Cc3ccc(NC(C)C)cc3)cc1c2CC(C)N(C)C. The fourth-order valence-electron chi connectivity index (χ4n) is 6.93. The number of aliphatic hydroxyl groups is 1. The summed E-state index contributed by atoms with van der Waals surface area (Å²) in [6.45, 7) is 8.70. The number of rotatable bonds is 9. The molecule has 0 fully saturated rings. The van der Waals surface area contributed by atoms with Crippen molar-refractivity contribution in [3.63, 3.8) is 0 Å². The van der Waals surface area contributed by atoms with Crippen LogP contribution in [0.15, 0.2) is 47.3 Å². The molecule has 0 saturated carbocycles. The number of quaternary nitrogens is 1. The minimum atomic E-state index is -1.92. The van der Waals surface area contributed by atoms with Gasteiger partial charge < -0.3 is 24.6 Å². The third kappa shape index (κ3) is 5.62. The Labute approximate surface area is 275 Å². The number of carbonyl (C=O) groups excluding carboxylic acids is 1. The molecular weight excluding hydrogens is 597 g/mol. The molecule has 0 spiro atoms. The molecular formula is C37H45FN5O4+. The van der Waals surface area contributed by atoms with Crippen LogP contribution in [0, 0.1) is 5.82 Å². The first-order valence-corrected chi connectivity index (χ1v) is 16.3. The van der Waals surface area contributed by atoms with Gasteiger partial charge in [0.05, 0.1) is 43.1 Å². The molecule has 0 aliphatic carbocycles. The fourth-order valence-corrected chi connectivity index (χ4v) is 6.93. The summed E-state index contributed by atoms with van der Waals surface area (Å²) < 4.78 is 23.3. The third-order valence-electron chi connectivity index (χ3n) is 9.89. The second-order valence-corrected chi connectivity index (χ2v) is 14.2. The van der Waals surface area contributed by atoms with E-state index in [0.717, 1.165) is 27.8 Å². The van der Waals surface area contributed by atoms with E-state index in [9.17, 15) is 14.7 Å². The van der Waals surface area contributed by atoms with Crippen molar-refractivity contribution in [3.8, 4) is 11.4 Å². The largest absolute Gasteiger partial charge is 0.458 e. The van der Waals surface area contributed by atoms with Crippen LogP contribution < -0.4 is 15.4 Å². The highest BCUT2D eigenvalue weighted by atomic mass is 19.1. The van der Waals surface area contributed by atoms with Gasteiger partial charge in [-0.05, 0) is 71.5 Å². The molecule has 4 heterocycles. The lowest BCUT2D eigenvalue weighted by Gasteiger charge is -2.31. The van der Waals surface area contributed by atoms with Crippen LogP contribution in [0.1, 0.15) is 61.9 Å². The maximum atomic E-state index is 16.2. The van der Waals surface area contributed by atoms with Gasteiger partial charge in [0.25, 0.3) is 5.56 Å². The van der Waals surface area contributed by atoms with E-state index in [2.05, 4.69) is 55.3 Å². The van der Waals surface area contributed by atoms with Gasteiger partial charge in [-0.3, -0.25) is 9.28 Å². The van der Waals surface area contributed by atoms with E-state index in [1.165, 1.54) is 6.07 Å². The third-order valence-corrected chi connectivity index (χ3v) is 9.89. The summed E-state index contributed by atoms with van der Waals surface area (Å²) >= 11 is 0. The standard InChI is InChI=1S/C37H45FN5O4/c1-9-37(46)29-16-32-34-27(18-42(32)35(44)28(29)20-47-36(37)45)25(14-22(4)41(5)6)26-15-33(30(38)17-31(26)40-34)43(7,8)19-23-10-12-24(13-11-23)39-21(2)3/h10-13,15-17,21-22,39,46H,9,14,18-20H2,1-8H3/q+1/t22?,37-/m0/s1. The number of nitrogens with one attached hydrogen (secondary N) is 1. The maximum Gasteiger partial charge on any atom is 0.343 e. The van der Waals surface area contributed by atoms with Crippen LogP contribution in [-0.4, -0.2) is 65.8 Å². The molecule has 0 bridgehead atoms. The van der Waals surface area contributed by atoms with Gasteiger partial charge in [0.15, 0.2) is 17.1 Å². The zero-order chi connectivity index (χ0) is 34.0. The second kappa shape index (κ2) is 11.8. The Balaban J connectivity index is 1.50. The smallest absolute Gasteiger partial charge is 0.343 e. The van der Waals surface area contributed by atoms with Crippen molar-refractivity contribution >= 4 is 28.2 Å². The summed E-state index contributed by atoms with van der Waals surface area (Å²) in [4.78, 5) is 33.6. The molecule has 10 heteroatoms. The Morgan fingerprint density at radius 2 is 1.81 bits per heavy atom. The summed E-state index contributed by atoms with van der Waals surface area (Å²) in [6.07, 6.45) is 0.715. The number of cyclic esters (lactones) is 1. The first kappa shape index (κ1) is 32.8. The van der Waals surface area contributed by atoms with Gasteiger partial charge in [-0.15, -0.1) is 0 Å². The summed E-state index contributed by atoms with van der Waals surface area (Å²) in [6, 6.07) is 13.9. The molecule has 2 aromatic carbocycles. The van der Waals surface area contributed by atoms with Crippen molar-refractivity contribution in [2.45, 2.75) is 77.9 Å². The number of aromatic nitrogens is 2. The molecule has 1 unspecified atom stereocenters. The number of likely N-dealkylation sites (N-methyl/N-ethyl adjacent to an activating group) is 1. The lowest BCUT2D eigenvalue weighted by atomic mass is 9.86. The van der Waals surface area contributed by atoms with E-state index < -0.39 is 11.6 Å². The number of pyridine rings is 2. The van der Waals surface area contributed by atoms with Crippen molar-refractivity contribution < 1.29 is 19.0 Å². The van der Waals surface area contributed by atoms with E-state index in [-0.39, 0.29) is 52.6 Å². The molecule has 2 atom stereocenters. The van der Waals surface area contributed by atoms with Crippen LogP contribution in [0.5, 0.6) is 0 Å². The van der Waals surface area contributed by atoms with E-state index in [1.54, 1.807) is 17.6 Å². The average molecular weight is 643 g/mol. The number of benzene rings is 2. The van der Waals surface area contributed by atoms with Crippen molar-refractivity contribution in [3.05, 3.63) is 86.5 Å². The van der Waals surface area contributed by atoms with E-state index >= 15 is 4.39 Å². The molecule has 2 aliphatic heterocycles. The molecule has 2 N–H and O–H groups in total. The van der Waals surface area contributed by atoms with Crippen molar-refractivity contribution in [1.29, 1.82) is 0 Å². The molecule has 9 nitrogen and oxygen atoms in total. The summed E-state index contributed by atoms with van der Waals surface area (Å²) in [5.74, 6) is -1.12. The predicted molar refractivity (Wildman–Crippen MR) is 184 cm³/mol. The molecule has 0 saturated heterocycles. The van der Waals surface area contributed by atoms with Gasteiger partial charge >= 0.3 is 5.97 Å². The lowest BCUT2D eigenvalue weighted by molar-refractivity contribution is -0.172. The van der Waals surface area contributed by atoms with Crippen LogP contribution in [0.25, 0.3) is 22.3 Å². The molecule has 47 heavy (non-hydrogen) atoms. The van der Waals surface area contributed by atoms with Gasteiger partial charge in [-0.1, -0.05) is 19.1 Å². The van der Waals surface area contributed by atoms with Crippen LogP contribution in [-0.2, 0) is 41.2 Å². The topological polar surface area (TPSA) is 96.7 Å². The molecule has 2 aromatic heterocycles. The highest BCUT2D eigenvalue weighted by molar-refractivity contribution is 5.91. The van der Waals surface area contributed by atoms with Gasteiger partial charge in [-0.2, -0.15) is 0 Å². The van der Waals surface area contributed by atoms with Gasteiger partial charge in [0.2, 0.25) is 0 Å². The van der Waals surface area contributed by atoms with E-state index in [4.69, 9.17) is 9.72 Å². The van der Waals surface area contributed by atoms with Gasteiger partial charge in [-0.25, -0.2) is 14.2 Å². The fraction of sp³-hybridized carbons (Fsp3) is 0.432. The van der Waals surface area contributed by atoms with Crippen LogP contribution in [0.2, 0.25) is 0 Å². The lowest BCUT2D eigenvalue weighted by Crippen LogP contribution is -2.44. The number of carbonyl (C=O) groups is 1. The maximum absolute atomic E-state index is 16.2.